The summed E-state index contributed by atoms with van der Waals surface area (Å²) >= 11 is 0. The van der Waals surface area contributed by atoms with Crippen LogP contribution in [0.1, 0.15) is 18.4 Å². The van der Waals surface area contributed by atoms with Crippen LogP contribution in [0.25, 0.3) is 10.9 Å². The van der Waals surface area contributed by atoms with Gasteiger partial charge in [-0.3, -0.25) is 4.79 Å². The highest BCUT2D eigenvalue weighted by molar-refractivity contribution is 5.84. The molecule has 2 aliphatic heterocycles. The van der Waals surface area contributed by atoms with Crippen LogP contribution >= 0.6 is 0 Å². The number of benzene rings is 2. The fraction of sp³-hybridized carbons (Fsp3) is 0.400. The van der Waals surface area contributed by atoms with Gasteiger partial charge in [0.05, 0.1) is 12.8 Å². The zero-order valence-electron chi connectivity index (χ0n) is 18.4. The Morgan fingerprint density at radius 1 is 1.09 bits per heavy atom. The molecule has 1 amide bonds. The van der Waals surface area contributed by atoms with Crippen LogP contribution in [0.15, 0.2) is 42.6 Å². The Morgan fingerprint density at radius 3 is 2.78 bits per heavy atom. The number of H-pyrrole nitrogens is 1. The largest absolute Gasteiger partial charge is 0.497 e. The number of anilines is 1. The van der Waals surface area contributed by atoms with Gasteiger partial charge in [-0.2, -0.15) is 0 Å². The molecule has 0 radical (unpaired) electrons. The summed E-state index contributed by atoms with van der Waals surface area (Å²) < 4.78 is 16.9. The van der Waals surface area contributed by atoms with Crippen LogP contribution in [-0.4, -0.2) is 62.3 Å². The van der Waals surface area contributed by atoms with Crippen LogP contribution < -0.4 is 19.1 Å². The molecule has 2 aromatic carbocycles. The third-order valence-corrected chi connectivity index (χ3v) is 6.33. The standard InChI is InChI=1S/C25H29N3O4/c1-30-19-8-9-21-20(16-19)18(17-26-21)4-2-7-24(29)28-12-10-27(11-13-28)22-5-3-6-23-25(22)32-15-14-31-23/h3,5-6,8-9,16-17,26H,2,4,7,10-15H2,1H3. The molecule has 0 atom stereocenters. The summed E-state index contributed by atoms with van der Waals surface area (Å²) in [7, 11) is 1.68. The molecule has 0 unspecified atom stereocenters. The number of nitrogens with one attached hydrogen (secondary N) is 1. The number of aromatic nitrogens is 1. The highest BCUT2D eigenvalue weighted by Gasteiger charge is 2.25. The minimum Gasteiger partial charge on any atom is -0.497 e. The van der Waals surface area contributed by atoms with E-state index in [1.54, 1.807) is 7.11 Å². The van der Waals surface area contributed by atoms with Crippen molar-refractivity contribution < 1.29 is 19.0 Å². The van der Waals surface area contributed by atoms with E-state index < -0.39 is 0 Å². The third-order valence-electron chi connectivity index (χ3n) is 6.33. The maximum absolute atomic E-state index is 12.8. The van der Waals surface area contributed by atoms with Crippen LogP contribution in [0.5, 0.6) is 17.2 Å². The quantitative estimate of drug-likeness (QED) is 0.641. The average molecular weight is 436 g/mol. The van der Waals surface area contributed by atoms with Gasteiger partial charge in [0.15, 0.2) is 11.5 Å². The summed E-state index contributed by atoms with van der Waals surface area (Å²) in [6.45, 7) is 4.22. The number of methoxy groups -OCH3 is 1. The van der Waals surface area contributed by atoms with Gasteiger partial charge in [-0.25, -0.2) is 0 Å². The SMILES string of the molecule is COc1ccc2[nH]cc(CCCC(=O)N3CCN(c4cccc5c4OCCO5)CC3)c2c1. The van der Waals surface area contributed by atoms with Crippen molar-refractivity contribution in [1.82, 2.24) is 9.88 Å². The molecule has 0 aliphatic carbocycles. The van der Waals surface area contributed by atoms with E-state index in [1.165, 1.54) is 10.9 Å². The Hall–Kier alpha value is -3.35. The minimum atomic E-state index is 0.233. The molecular weight excluding hydrogens is 406 g/mol. The Morgan fingerprint density at radius 2 is 1.94 bits per heavy atom. The molecule has 3 aromatic rings. The van der Waals surface area contributed by atoms with Gasteiger partial charge in [0, 0.05) is 49.7 Å². The monoisotopic (exact) mass is 435 g/mol. The first kappa shape index (κ1) is 20.5. The van der Waals surface area contributed by atoms with Crippen LogP contribution in [-0.2, 0) is 11.2 Å². The number of amides is 1. The van der Waals surface area contributed by atoms with Crippen molar-refractivity contribution in [3.8, 4) is 17.2 Å². The maximum Gasteiger partial charge on any atom is 0.222 e. The third kappa shape index (κ3) is 4.07. The summed E-state index contributed by atoms with van der Waals surface area (Å²) in [5.41, 5.74) is 3.39. The first-order valence-electron chi connectivity index (χ1n) is 11.3. The number of hydrogen-bond donors (Lipinski definition) is 1. The molecule has 1 aromatic heterocycles. The van der Waals surface area contributed by atoms with Gasteiger partial charge in [-0.15, -0.1) is 0 Å². The van der Waals surface area contributed by atoms with E-state index >= 15 is 0 Å². The maximum atomic E-state index is 12.8. The average Bonchev–Trinajstić information content (AvgIpc) is 3.25. The van der Waals surface area contributed by atoms with Crippen molar-refractivity contribution in [2.75, 3.05) is 51.4 Å². The second-order valence-corrected chi connectivity index (χ2v) is 8.25. The molecule has 0 bridgehead atoms. The van der Waals surface area contributed by atoms with Crippen molar-refractivity contribution in [3.63, 3.8) is 0 Å². The van der Waals surface area contributed by atoms with Gasteiger partial charge in [0.1, 0.15) is 19.0 Å². The topological polar surface area (TPSA) is 67.0 Å². The number of para-hydroxylation sites is 1. The first-order valence-corrected chi connectivity index (χ1v) is 11.3. The zero-order chi connectivity index (χ0) is 21.9. The molecule has 168 valence electrons. The Balaban J connectivity index is 1.14. The minimum absolute atomic E-state index is 0.233. The summed E-state index contributed by atoms with van der Waals surface area (Å²) in [6.07, 6.45) is 4.31. The molecular formula is C25H29N3O4. The predicted octanol–water partition coefficient (Wildman–Crippen LogP) is 3.62. The molecule has 0 saturated carbocycles. The van der Waals surface area contributed by atoms with Gasteiger partial charge in [-0.05, 0) is 48.7 Å². The van der Waals surface area contributed by atoms with Crippen molar-refractivity contribution in [2.45, 2.75) is 19.3 Å². The van der Waals surface area contributed by atoms with Crippen molar-refractivity contribution >= 4 is 22.5 Å². The molecule has 32 heavy (non-hydrogen) atoms. The fourth-order valence-electron chi connectivity index (χ4n) is 4.58. The lowest BCUT2D eigenvalue weighted by Crippen LogP contribution is -2.49. The van der Waals surface area contributed by atoms with E-state index in [4.69, 9.17) is 14.2 Å². The Labute approximate surface area is 187 Å². The molecule has 5 rings (SSSR count). The molecule has 3 heterocycles. The Bertz CT molecular complexity index is 1100. The number of nitrogens with zero attached hydrogens (tertiary/aromatic N) is 2. The number of piperazine rings is 1. The van der Waals surface area contributed by atoms with Crippen LogP contribution in [0.3, 0.4) is 0 Å². The molecule has 2 aliphatic rings. The number of rotatable bonds is 6. The van der Waals surface area contributed by atoms with Crippen molar-refractivity contribution in [3.05, 3.63) is 48.2 Å². The molecule has 0 spiro atoms. The van der Waals surface area contributed by atoms with Gasteiger partial charge in [0.25, 0.3) is 0 Å². The summed E-state index contributed by atoms with van der Waals surface area (Å²) in [4.78, 5) is 20.4. The number of aryl methyl sites for hydroxylation is 1. The van der Waals surface area contributed by atoms with E-state index in [2.05, 4.69) is 22.0 Å². The molecule has 7 heteroatoms. The number of ether oxygens (including phenoxy) is 3. The molecule has 1 fully saturated rings. The number of fused-ring (bicyclic) bond motifs is 2. The molecule has 1 N–H and O–H groups in total. The zero-order valence-corrected chi connectivity index (χ0v) is 18.4. The van der Waals surface area contributed by atoms with E-state index in [-0.39, 0.29) is 5.91 Å². The van der Waals surface area contributed by atoms with Crippen molar-refractivity contribution in [2.24, 2.45) is 0 Å². The Kier molecular flexibility index (Phi) is 5.79. The smallest absolute Gasteiger partial charge is 0.222 e. The number of hydrogen-bond acceptors (Lipinski definition) is 5. The summed E-state index contributed by atoms with van der Waals surface area (Å²) in [5.74, 6) is 2.72. The highest BCUT2D eigenvalue weighted by Crippen LogP contribution is 2.39. The second kappa shape index (κ2) is 9.02. The summed E-state index contributed by atoms with van der Waals surface area (Å²) in [5, 5.41) is 1.17. The first-order chi connectivity index (χ1) is 15.7. The van der Waals surface area contributed by atoms with E-state index in [9.17, 15) is 4.79 Å². The number of carbonyl (C=O) groups excluding carboxylic acids is 1. The number of carbonyl (C=O) groups is 1. The second-order valence-electron chi connectivity index (χ2n) is 8.25. The highest BCUT2D eigenvalue weighted by atomic mass is 16.6. The van der Waals surface area contributed by atoms with Crippen molar-refractivity contribution in [1.29, 1.82) is 0 Å². The van der Waals surface area contributed by atoms with E-state index in [0.29, 0.717) is 19.6 Å². The van der Waals surface area contributed by atoms with Gasteiger partial charge in [-0.1, -0.05) is 6.07 Å². The predicted molar refractivity (Wildman–Crippen MR) is 124 cm³/mol. The van der Waals surface area contributed by atoms with Gasteiger partial charge >= 0.3 is 0 Å². The number of aromatic amines is 1. The van der Waals surface area contributed by atoms with Gasteiger partial charge < -0.3 is 29.0 Å². The normalized spacial score (nSPS) is 15.8. The lowest BCUT2D eigenvalue weighted by Gasteiger charge is -2.37. The van der Waals surface area contributed by atoms with Crippen LogP contribution in [0.4, 0.5) is 5.69 Å². The summed E-state index contributed by atoms with van der Waals surface area (Å²) in [6, 6.07) is 12.1. The van der Waals surface area contributed by atoms with Crippen LogP contribution in [0.2, 0.25) is 0 Å². The van der Waals surface area contributed by atoms with E-state index in [1.807, 2.05) is 35.4 Å². The van der Waals surface area contributed by atoms with Gasteiger partial charge in [0.2, 0.25) is 5.91 Å². The molecule has 1 saturated heterocycles. The lowest BCUT2D eigenvalue weighted by atomic mass is 10.1. The fourth-order valence-corrected chi connectivity index (χ4v) is 4.58. The lowest BCUT2D eigenvalue weighted by molar-refractivity contribution is -0.131. The molecule has 7 nitrogen and oxygen atoms in total. The van der Waals surface area contributed by atoms with Crippen LogP contribution in [0, 0.1) is 0 Å². The van der Waals surface area contributed by atoms with E-state index in [0.717, 1.165) is 67.5 Å².